The van der Waals surface area contributed by atoms with E-state index in [2.05, 4.69) is 23.1 Å². The Morgan fingerprint density at radius 1 is 1.07 bits per heavy atom. The number of anilines is 1. The molecule has 2 atom stereocenters. The number of benzene rings is 1. The van der Waals surface area contributed by atoms with Crippen LogP contribution in [0.4, 0.5) is 10.5 Å². The zero-order valence-corrected chi connectivity index (χ0v) is 18.2. The second kappa shape index (κ2) is 7.56. The van der Waals surface area contributed by atoms with Crippen molar-refractivity contribution in [1.29, 1.82) is 0 Å². The highest BCUT2D eigenvalue weighted by Crippen LogP contribution is 2.48. The van der Waals surface area contributed by atoms with Crippen molar-refractivity contribution in [3.8, 4) is 0 Å². The number of amides is 2. The summed E-state index contributed by atoms with van der Waals surface area (Å²) in [7, 11) is 0. The van der Waals surface area contributed by atoms with Crippen LogP contribution in [0.2, 0.25) is 0 Å². The monoisotopic (exact) mass is 411 g/mol. The van der Waals surface area contributed by atoms with Crippen molar-refractivity contribution in [2.24, 2.45) is 0 Å². The van der Waals surface area contributed by atoms with Gasteiger partial charge in [-0.1, -0.05) is 18.2 Å². The van der Waals surface area contributed by atoms with Crippen LogP contribution < -0.4 is 4.90 Å². The summed E-state index contributed by atoms with van der Waals surface area (Å²) in [5.74, 6) is 0.143. The molecule has 0 aliphatic carbocycles. The number of rotatable bonds is 2. The van der Waals surface area contributed by atoms with Gasteiger partial charge in [-0.05, 0) is 70.2 Å². The van der Waals surface area contributed by atoms with Gasteiger partial charge in [0.05, 0.1) is 6.61 Å². The SMILES string of the molecule is CCOC(=O)N1C2CCC1CC(N1CCC3(CC1)CN(C(C)=O)c1ccccc13)C2. The third-order valence-electron chi connectivity index (χ3n) is 8.07. The molecule has 162 valence electrons. The van der Waals surface area contributed by atoms with Crippen molar-refractivity contribution in [2.45, 2.75) is 75.9 Å². The van der Waals surface area contributed by atoms with Gasteiger partial charge >= 0.3 is 6.09 Å². The third kappa shape index (κ3) is 3.11. The van der Waals surface area contributed by atoms with E-state index in [-0.39, 0.29) is 17.4 Å². The smallest absolute Gasteiger partial charge is 0.410 e. The van der Waals surface area contributed by atoms with Gasteiger partial charge < -0.3 is 19.4 Å². The van der Waals surface area contributed by atoms with E-state index in [1.54, 1.807) is 6.92 Å². The van der Waals surface area contributed by atoms with Crippen molar-refractivity contribution in [2.75, 3.05) is 31.1 Å². The second-order valence-electron chi connectivity index (χ2n) is 9.56. The molecule has 6 heteroatoms. The molecule has 0 N–H and O–H groups in total. The Morgan fingerprint density at radius 2 is 1.73 bits per heavy atom. The number of fused-ring (bicyclic) bond motifs is 4. The van der Waals surface area contributed by atoms with Gasteiger partial charge in [0.2, 0.25) is 5.91 Å². The Kier molecular flexibility index (Phi) is 5.00. The van der Waals surface area contributed by atoms with Crippen LogP contribution in [-0.2, 0) is 14.9 Å². The summed E-state index contributed by atoms with van der Waals surface area (Å²) >= 11 is 0. The summed E-state index contributed by atoms with van der Waals surface area (Å²) < 4.78 is 5.31. The minimum absolute atomic E-state index is 0.101. The van der Waals surface area contributed by atoms with Crippen LogP contribution in [-0.4, -0.2) is 66.2 Å². The zero-order chi connectivity index (χ0) is 20.9. The van der Waals surface area contributed by atoms with Gasteiger partial charge in [0.15, 0.2) is 0 Å². The highest BCUT2D eigenvalue weighted by atomic mass is 16.6. The van der Waals surface area contributed by atoms with Crippen LogP contribution >= 0.6 is 0 Å². The largest absolute Gasteiger partial charge is 0.450 e. The number of hydrogen-bond donors (Lipinski definition) is 0. The molecule has 0 aromatic heterocycles. The van der Waals surface area contributed by atoms with Crippen LogP contribution in [0.25, 0.3) is 0 Å². The van der Waals surface area contributed by atoms with Crippen molar-refractivity contribution in [1.82, 2.24) is 9.80 Å². The van der Waals surface area contributed by atoms with Gasteiger partial charge in [0.1, 0.15) is 0 Å². The van der Waals surface area contributed by atoms with Crippen molar-refractivity contribution < 1.29 is 14.3 Å². The molecule has 30 heavy (non-hydrogen) atoms. The van der Waals surface area contributed by atoms with Gasteiger partial charge in [-0.25, -0.2) is 4.79 Å². The van der Waals surface area contributed by atoms with Crippen LogP contribution in [0.5, 0.6) is 0 Å². The molecule has 0 radical (unpaired) electrons. The maximum absolute atomic E-state index is 12.4. The quantitative estimate of drug-likeness (QED) is 0.747. The van der Waals surface area contributed by atoms with Gasteiger partial charge in [0, 0.05) is 42.7 Å². The summed E-state index contributed by atoms with van der Waals surface area (Å²) in [6.07, 6.45) is 6.43. The number of nitrogens with zero attached hydrogens (tertiary/aromatic N) is 3. The molecular formula is C24H33N3O3. The van der Waals surface area contributed by atoms with E-state index in [9.17, 15) is 9.59 Å². The average Bonchev–Trinajstić information content (AvgIpc) is 3.21. The van der Waals surface area contributed by atoms with E-state index in [4.69, 9.17) is 4.74 Å². The Morgan fingerprint density at radius 3 is 2.37 bits per heavy atom. The summed E-state index contributed by atoms with van der Waals surface area (Å²) in [5.41, 5.74) is 2.57. The Bertz CT molecular complexity index is 819. The number of carbonyl (C=O) groups excluding carboxylic acids is 2. The van der Waals surface area contributed by atoms with E-state index in [1.807, 2.05) is 22.8 Å². The molecule has 2 bridgehead atoms. The van der Waals surface area contributed by atoms with Gasteiger partial charge in [-0.2, -0.15) is 0 Å². The lowest BCUT2D eigenvalue weighted by molar-refractivity contribution is -0.116. The van der Waals surface area contributed by atoms with E-state index >= 15 is 0 Å². The first-order valence-electron chi connectivity index (χ1n) is 11.6. The van der Waals surface area contributed by atoms with Gasteiger partial charge in [0.25, 0.3) is 0 Å². The lowest BCUT2D eigenvalue weighted by atomic mass is 9.73. The lowest BCUT2D eigenvalue weighted by Crippen LogP contribution is -2.55. The Balaban J connectivity index is 1.27. The zero-order valence-electron chi connectivity index (χ0n) is 18.2. The molecule has 6 nitrogen and oxygen atoms in total. The fourth-order valence-electron chi connectivity index (χ4n) is 6.60. The number of carbonyl (C=O) groups is 2. The molecule has 5 rings (SSSR count). The Hall–Kier alpha value is -2.08. The Labute approximate surface area is 179 Å². The first-order chi connectivity index (χ1) is 14.5. The topological polar surface area (TPSA) is 53.1 Å². The first kappa shape index (κ1) is 19.9. The molecule has 1 aromatic carbocycles. The van der Waals surface area contributed by atoms with Crippen molar-refractivity contribution in [3.63, 3.8) is 0 Å². The number of hydrogen-bond acceptors (Lipinski definition) is 4. The predicted octanol–water partition coefficient (Wildman–Crippen LogP) is 3.54. The van der Waals surface area contributed by atoms with E-state index in [0.29, 0.717) is 24.7 Å². The fourth-order valence-corrected chi connectivity index (χ4v) is 6.60. The summed E-state index contributed by atoms with van der Waals surface area (Å²) in [4.78, 5) is 31.3. The number of piperidine rings is 2. The van der Waals surface area contributed by atoms with E-state index < -0.39 is 0 Å². The maximum Gasteiger partial charge on any atom is 0.410 e. The highest BCUT2D eigenvalue weighted by molar-refractivity contribution is 5.94. The number of para-hydroxylation sites is 1. The summed E-state index contributed by atoms with van der Waals surface area (Å²) in [5, 5.41) is 0. The highest BCUT2D eigenvalue weighted by Gasteiger charge is 2.49. The minimum atomic E-state index is -0.118. The third-order valence-corrected chi connectivity index (χ3v) is 8.07. The summed E-state index contributed by atoms with van der Waals surface area (Å²) in [6, 6.07) is 9.71. The molecule has 4 aliphatic heterocycles. The molecule has 2 unspecified atom stereocenters. The summed E-state index contributed by atoms with van der Waals surface area (Å²) in [6.45, 7) is 6.98. The molecule has 0 saturated carbocycles. The van der Waals surface area contributed by atoms with Gasteiger partial charge in [-0.3, -0.25) is 4.79 Å². The molecule has 2 amide bonds. The fraction of sp³-hybridized carbons (Fsp3) is 0.667. The molecule has 1 aromatic rings. The van der Waals surface area contributed by atoms with Gasteiger partial charge in [-0.15, -0.1) is 0 Å². The van der Waals surface area contributed by atoms with Crippen LogP contribution in [0.3, 0.4) is 0 Å². The molecule has 3 saturated heterocycles. The van der Waals surface area contributed by atoms with E-state index in [1.165, 1.54) is 5.56 Å². The van der Waals surface area contributed by atoms with Crippen LogP contribution in [0, 0.1) is 0 Å². The average molecular weight is 412 g/mol. The lowest BCUT2D eigenvalue weighted by Gasteiger charge is -2.47. The minimum Gasteiger partial charge on any atom is -0.450 e. The predicted molar refractivity (Wildman–Crippen MR) is 116 cm³/mol. The normalized spacial score (nSPS) is 29.9. The second-order valence-corrected chi connectivity index (χ2v) is 9.56. The molecule has 3 fully saturated rings. The van der Waals surface area contributed by atoms with Crippen LogP contribution in [0.15, 0.2) is 24.3 Å². The molecular weight excluding hydrogens is 378 g/mol. The maximum atomic E-state index is 12.4. The number of likely N-dealkylation sites (tertiary alicyclic amines) is 1. The molecule has 1 spiro atoms. The van der Waals surface area contributed by atoms with Crippen molar-refractivity contribution >= 4 is 17.7 Å². The standard InChI is InChI=1S/C24H33N3O3/c1-3-30-23(29)27-18-8-9-19(27)15-20(14-18)25-12-10-24(11-13-25)16-26(17(2)28)22-7-5-4-6-21(22)24/h4-7,18-20H,3,8-16H2,1-2H3. The van der Waals surface area contributed by atoms with E-state index in [0.717, 1.165) is 63.8 Å². The number of ether oxygens (including phenoxy) is 1. The first-order valence-corrected chi connectivity index (χ1v) is 11.6. The molecule has 4 heterocycles. The molecule has 4 aliphatic rings. The van der Waals surface area contributed by atoms with Crippen LogP contribution in [0.1, 0.15) is 57.9 Å². The van der Waals surface area contributed by atoms with Crippen molar-refractivity contribution in [3.05, 3.63) is 29.8 Å².